The summed E-state index contributed by atoms with van der Waals surface area (Å²) in [5, 5.41) is 2.83. The molecule has 1 atom stereocenters. The van der Waals surface area contributed by atoms with E-state index in [4.69, 9.17) is 21.1 Å². The maximum atomic E-state index is 12.7. The lowest BCUT2D eigenvalue weighted by Crippen LogP contribution is -2.40. The number of carbonyl (C=O) groups excluding carboxylic acids is 2. The number of benzene rings is 2. The number of anilines is 2. The molecule has 3 aromatic rings. The van der Waals surface area contributed by atoms with Crippen LogP contribution in [0.5, 0.6) is 11.5 Å². The summed E-state index contributed by atoms with van der Waals surface area (Å²) in [6, 6.07) is 12.5. The lowest BCUT2D eigenvalue weighted by Gasteiger charge is -2.17. The summed E-state index contributed by atoms with van der Waals surface area (Å²) in [7, 11) is 1.51. The summed E-state index contributed by atoms with van der Waals surface area (Å²) < 4.78 is 10.9. The van der Waals surface area contributed by atoms with Gasteiger partial charge in [-0.1, -0.05) is 29.8 Å². The first-order valence-corrected chi connectivity index (χ1v) is 10.4. The van der Waals surface area contributed by atoms with Gasteiger partial charge in [0.15, 0.2) is 23.3 Å². The zero-order valence-electron chi connectivity index (χ0n) is 18.6. The van der Waals surface area contributed by atoms with E-state index in [1.165, 1.54) is 13.3 Å². The van der Waals surface area contributed by atoms with Crippen LogP contribution in [0.3, 0.4) is 0 Å². The van der Waals surface area contributed by atoms with Crippen LogP contribution in [0.2, 0.25) is 5.02 Å². The monoisotopic (exact) mass is 469 g/mol. The molecule has 1 unspecified atom stereocenters. The molecule has 0 saturated heterocycles. The predicted molar refractivity (Wildman–Crippen MR) is 126 cm³/mol. The quantitative estimate of drug-likeness (QED) is 0.428. The maximum absolute atomic E-state index is 12.7. The van der Waals surface area contributed by atoms with Crippen molar-refractivity contribution in [1.29, 1.82) is 0 Å². The molecule has 0 fully saturated rings. The molecular weight excluding hydrogens is 446 g/mol. The standard InChI is InChI=1S/C23H24ClN5O4/c1-13-9-10-16(11-14(13)2)26-22(31)20-17(24)12-25-23(27-20)29-28-21(30)15(3)33-19-8-6-5-7-18(19)32-4/h5-12,15H,1-4H3,(H,26,31)(H,28,30)(H,25,27,29). The molecule has 2 aromatic carbocycles. The number of ether oxygens (including phenoxy) is 2. The molecule has 1 aromatic heterocycles. The van der Waals surface area contributed by atoms with Crippen molar-refractivity contribution in [1.82, 2.24) is 15.4 Å². The number of methoxy groups -OCH3 is 1. The largest absolute Gasteiger partial charge is 0.493 e. The minimum absolute atomic E-state index is 0.0116. The molecule has 9 nitrogen and oxygen atoms in total. The van der Waals surface area contributed by atoms with E-state index in [1.54, 1.807) is 37.3 Å². The van der Waals surface area contributed by atoms with Crippen LogP contribution in [0.1, 0.15) is 28.5 Å². The Morgan fingerprint density at radius 1 is 1.06 bits per heavy atom. The van der Waals surface area contributed by atoms with E-state index < -0.39 is 17.9 Å². The van der Waals surface area contributed by atoms with E-state index in [-0.39, 0.29) is 16.7 Å². The minimum Gasteiger partial charge on any atom is -0.493 e. The number of hydrogen-bond donors (Lipinski definition) is 3. The van der Waals surface area contributed by atoms with E-state index in [2.05, 4.69) is 26.1 Å². The molecule has 3 N–H and O–H groups in total. The van der Waals surface area contributed by atoms with Crippen LogP contribution in [0.25, 0.3) is 0 Å². The Hall–Kier alpha value is -3.85. The van der Waals surface area contributed by atoms with Gasteiger partial charge in [-0.3, -0.25) is 20.4 Å². The highest BCUT2D eigenvalue weighted by Crippen LogP contribution is 2.26. The second kappa shape index (κ2) is 10.6. The Balaban J connectivity index is 1.63. The molecule has 172 valence electrons. The van der Waals surface area contributed by atoms with E-state index >= 15 is 0 Å². The molecule has 2 amide bonds. The Kier molecular flexibility index (Phi) is 7.68. The number of aryl methyl sites for hydroxylation is 2. The van der Waals surface area contributed by atoms with Crippen molar-refractivity contribution in [2.45, 2.75) is 26.9 Å². The van der Waals surface area contributed by atoms with Crippen molar-refractivity contribution in [2.75, 3.05) is 17.9 Å². The zero-order chi connectivity index (χ0) is 24.0. The highest BCUT2D eigenvalue weighted by molar-refractivity contribution is 6.34. The number of nitrogens with zero attached hydrogens (tertiary/aromatic N) is 2. The van der Waals surface area contributed by atoms with Gasteiger partial charge < -0.3 is 14.8 Å². The number of halogens is 1. The van der Waals surface area contributed by atoms with E-state index in [0.29, 0.717) is 17.2 Å². The number of para-hydroxylation sites is 2. The molecule has 0 aliphatic rings. The van der Waals surface area contributed by atoms with Crippen LogP contribution in [0.15, 0.2) is 48.7 Å². The minimum atomic E-state index is -0.853. The van der Waals surface area contributed by atoms with Crippen molar-refractivity contribution < 1.29 is 19.1 Å². The Morgan fingerprint density at radius 3 is 2.48 bits per heavy atom. The lowest BCUT2D eigenvalue weighted by molar-refractivity contribution is -0.126. The normalized spacial score (nSPS) is 11.3. The lowest BCUT2D eigenvalue weighted by atomic mass is 10.1. The van der Waals surface area contributed by atoms with E-state index in [0.717, 1.165) is 11.1 Å². The highest BCUT2D eigenvalue weighted by atomic mass is 35.5. The first-order valence-electron chi connectivity index (χ1n) is 10.0. The van der Waals surface area contributed by atoms with Crippen molar-refractivity contribution >= 4 is 35.1 Å². The smallest absolute Gasteiger partial charge is 0.279 e. The van der Waals surface area contributed by atoms with Crippen molar-refractivity contribution in [2.24, 2.45) is 0 Å². The first-order chi connectivity index (χ1) is 15.8. The molecule has 10 heteroatoms. The Morgan fingerprint density at radius 2 is 1.79 bits per heavy atom. The second-order valence-electron chi connectivity index (χ2n) is 7.17. The SMILES string of the molecule is COc1ccccc1OC(C)C(=O)NNc1ncc(Cl)c(C(=O)Nc2ccc(C)c(C)c2)n1. The van der Waals surface area contributed by atoms with Crippen LogP contribution in [-0.4, -0.2) is 35.0 Å². The molecule has 0 radical (unpaired) electrons. The third-order valence-electron chi connectivity index (χ3n) is 4.76. The van der Waals surface area contributed by atoms with Gasteiger partial charge in [-0.05, 0) is 56.2 Å². The average Bonchev–Trinajstić information content (AvgIpc) is 2.80. The van der Waals surface area contributed by atoms with Crippen molar-refractivity contribution in [3.05, 3.63) is 70.5 Å². The Bertz CT molecular complexity index is 1170. The van der Waals surface area contributed by atoms with Gasteiger partial charge in [0.25, 0.3) is 11.8 Å². The fourth-order valence-electron chi connectivity index (χ4n) is 2.78. The third-order valence-corrected chi connectivity index (χ3v) is 5.04. The van der Waals surface area contributed by atoms with Gasteiger partial charge in [0.05, 0.1) is 18.3 Å². The number of nitrogens with one attached hydrogen (secondary N) is 3. The van der Waals surface area contributed by atoms with Gasteiger partial charge in [0, 0.05) is 5.69 Å². The summed E-state index contributed by atoms with van der Waals surface area (Å²) in [6.45, 7) is 5.51. The van der Waals surface area contributed by atoms with Gasteiger partial charge in [-0.25, -0.2) is 9.97 Å². The van der Waals surface area contributed by atoms with Gasteiger partial charge >= 0.3 is 0 Å². The maximum Gasteiger partial charge on any atom is 0.279 e. The third kappa shape index (κ3) is 6.11. The summed E-state index contributed by atoms with van der Waals surface area (Å²) in [5.41, 5.74) is 7.74. The van der Waals surface area contributed by atoms with Crippen molar-refractivity contribution in [3.63, 3.8) is 0 Å². The van der Waals surface area contributed by atoms with Crippen LogP contribution in [0, 0.1) is 13.8 Å². The Labute approximate surface area is 196 Å². The average molecular weight is 470 g/mol. The van der Waals surface area contributed by atoms with Gasteiger partial charge in [-0.2, -0.15) is 0 Å². The van der Waals surface area contributed by atoms with Crippen LogP contribution in [-0.2, 0) is 4.79 Å². The predicted octanol–water partition coefficient (Wildman–Crippen LogP) is 3.92. The number of amides is 2. The molecule has 0 spiro atoms. The molecule has 0 bridgehead atoms. The van der Waals surface area contributed by atoms with Crippen molar-refractivity contribution in [3.8, 4) is 11.5 Å². The fourth-order valence-corrected chi connectivity index (χ4v) is 2.95. The first kappa shape index (κ1) is 23.8. The molecule has 0 aliphatic carbocycles. The molecule has 0 aliphatic heterocycles. The fraction of sp³-hybridized carbons (Fsp3) is 0.217. The highest BCUT2D eigenvalue weighted by Gasteiger charge is 2.18. The summed E-state index contributed by atoms with van der Waals surface area (Å²) in [5.74, 6) is -0.0720. The van der Waals surface area contributed by atoms with Crippen LogP contribution in [0.4, 0.5) is 11.6 Å². The topological polar surface area (TPSA) is 114 Å². The number of rotatable bonds is 8. The van der Waals surface area contributed by atoms with Gasteiger partial charge in [0.2, 0.25) is 5.95 Å². The van der Waals surface area contributed by atoms with Gasteiger partial charge in [-0.15, -0.1) is 0 Å². The number of hydrogen-bond acceptors (Lipinski definition) is 7. The zero-order valence-corrected chi connectivity index (χ0v) is 19.4. The van der Waals surface area contributed by atoms with Gasteiger partial charge in [0.1, 0.15) is 0 Å². The van der Waals surface area contributed by atoms with Crippen LogP contribution >= 0.6 is 11.6 Å². The molecule has 3 rings (SSSR count). The van der Waals surface area contributed by atoms with E-state index in [1.807, 2.05) is 26.0 Å². The summed E-state index contributed by atoms with van der Waals surface area (Å²) in [6.07, 6.45) is 0.418. The number of carbonyl (C=O) groups is 2. The molecule has 33 heavy (non-hydrogen) atoms. The number of hydrazine groups is 1. The second-order valence-corrected chi connectivity index (χ2v) is 7.58. The summed E-state index contributed by atoms with van der Waals surface area (Å²) in [4.78, 5) is 33.2. The molecule has 1 heterocycles. The number of aromatic nitrogens is 2. The molecular formula is C23H24ClN5O4. The van der Waals surface area contributed by atoms with Crippen LogP contribution < -0.4 is 25.6 Å². The molecule has 0 saturated carbocycles. The van der Waals surface area contributed by atoms with E-state index in [9.17, 15) is 9.59 Å². The summed E-state index contributed by atoms with van der Waals surface area (Å²) >= 11 is 6.11.